The zero-order valence-electron chi connectivity index (χ0n) is 17.5. The maximum atomic E-state index is 12.9. The molecule has 0 fully saturated rings. The summed E-state index contributed by atoms with van der Waals surface area (Å²) in [4.78, 5) is 41.5. The molecule has 0 saturated carbocycles. The molecule has 3 aromatic rings. The number of anilines is 2. The molecule has 0 saturated heterocycles. The average molecular weight is 480 g/mol. The maximum Gasteiger partial charge on any atom is 0.339 e. The van der Waals surface area contributed by atoms with E-state index in [1.807, 2.05) is 6.07 Å². The van der Waals surface area contributed by atoms with Crippen molar-refractivity contribution in [3.63, 3.8) is 0 Å². The van der Waals surface area contributed by atoms with E-state index >= 15 is 0 Å². The lowest BCUT2D eigenvalue weighted by Gasteiger charge is -2.33. The Balaban J connectivity index is 1.27. The maximum absolute atomic E-state index is 12.9. The summed E-state index contributed by atoms with van der Waals surface area (Å²) in [5.74, 6) is -0.0760. The number of fused-ring (bicyclic) bond motifs is 2. The predicted octanol–water partition coefficient (Wildman–Crippen LogP) is 5.10. The zero-order chi connectivity index (χ0) is 23.1. The normalized spacial score (nSPS) is 15.1. The smallest absolute Gasteiger partial charge is 0.339 e. The quantitative estimate of drug-likeness (QED) is 0.376. The Kier molecular flexibility index (Phi) is 5.47. The Morgan fingerprint density at radius 2 is 1.58 bits per heavy atom. The molecular formula is C24H18ClN3O4S. The molecule has 4 amide bonds. The molecule has 9 heteroatoms. The van der Waals surface area contributed by atoms with E-state index in [9.17, 15) is 14.4 Å². The van der Waals surface area contributed by atoms with Crippen molar-refractivity contribution < 1.29 is 19.1 Å². The molecule has 0 atom stereocenters. The molecule has 2 aliphatic heterocycles. The molecule has 0 unspecified atom stereocenters. The Bertz CT molecular complexity index is 1250. The number of benzene rings is 3. The fourth-order valence-corrected chi connectivity index (χ4v) is 4.91. The molecule has 7 nitrogen and oxygen atoms in total. The molecule has 2 aliphatic rings. The Labute approximate surface area is 199 Å². The van der Waals surface area contributed by atoms with E-state index in [4.69, 9.17) is 16.3 Å². The van der Waals surface area contributed by atoms with Crippen LogP contribution in [-0.2, 0) is 0 Å². The second-order valence-corrected chi connectivity index (χ2v) is 8.91. The van der Waals surface area contributed by atoms with Gasteiger partial charge in [0, 0.05) is 18.1 Å². The number of carbonyl (C=O) groups excluding carboxylic acids is 3. The van der Waals surface area contributed by atoms with Gasteiger partial charge in [0.15, 0.2) is 0 Å². The van der Waals surface area contributed by atoms with Gasteiger partial charge in [-0.25, -0.2) is 9.10 Å². The summed E-state index contributed by atoms with van der Waals surface area (Å²) in [7, 11) is 1.70. The lowest BCUT2D eigenvalue weighted by molar-refractivity contribution is 0.0631. The van der Waals surface area contributed by atoms with Crippen LogP contribution in [-0.4, -0.2) is 42.9 Å². The van der Waals surface area contributed by atoms with Crippen molar-refractivity contribution in [2.45, 2.75) is 4.90 Å². The first kappa shape index (κ1) is 21.4. The highest BCUT2D eigenvalue weighted by Crippen LogP contribution is 2.42. The van der Waals surface area contributed by atoms with Gasteiger partial charge in [-0.15, -0.1) is 0 Å². The molecule has 33 heavy (non-hydrogen) atoms. The van der Waals surface area contributed by atoms with E-state index < -0.39 is 0 Å². The minimum absolute atomic E-state index is 0.136. The van der Waals surface area contributed by atoms with Crippen LogP contribution in [0.5, 0.6) is 5.75 Å². The van der Waals surface area contributed by atoms with Crippen LogP contribution in [0.15, 0.2) is 71.6 Å². The van der Waals surface area contributed by atoms with Gasteiger partial charge in [0.25, 0.3) is 11.8 Å². The Morgan fingerprint density at radius 3 is 2.24 bits per heavy atom. The number of imide groups is 1. The molecule has 166 valence electrons. The molecule has 3 aromatic carbocycles. The largest absolute Gasteiger partial charge is 0.492 e. The first-order valence-electron chi connectivity index (χ1n) is 10.2. The van der Waals surface area contributed by atoms with Gasteiger partial charge in [-0.3, -0.25) is 19.4 Å². The van der Waals surface area contributed by atoms with E-state index in [1.165, 1.54) is 16.8 Å². The Hall–Kier alpha value is -3.49. The number of carbonyl (C=O) groups is 3. The summed E-state index contributed by atoms with van der Waals surface area (Å²) in [6, 6.07) is 19.1. The van der Waals surface area contributed by atoms with Gasteiger partial charge < -0.3 is 4.74 Å². The molecule has 0 N–H and O–H groups in total. The van der Waals surface area contributed by atoms with Crippen molar-refractivity contribution in [2.75, 3.05) is 29.4 Å². The van der Waals surface area contributed by atoms with Crippen LogP contribution >= 0.6 is 23.5 Å². The third-order valence-electron chi connectivity index (χ3n) is 5.47. The summed E-state index contributed by atoms with van der Waals surface area (Å²) >= 11 is 7.28. The number of hydrogen-bond donors (Lipinski definition) is 0. The van der Waals surface area contributed by atoms with Crippen molar-refractivity contribution in [1.29, 1.82) is 0 Å². The standard InChI is InChI=1S/C24H18ClN3O4S/c1-26-20-14-17(32-13-12-27-22(29)18-4-2-3-5-19(18)23(27)30)10-11-21(20)33-28(24(26)31)16-8-6-15(25)7-9-16/h2-11,14H,12-13H2,1H3. The van der Waals surface area contributed by atoms with Crippen molar-refractivity contribution in [1.82, 2.24) is 4.90 Å². The summed E-state index contributed by atoms with van der Waals surface area (Å²) in [5.41, 5.74) is 2.28. The third-order valence-corrected chi connectivity index (χ3v) is 6.81. The van der Waals surface area contributed by atoms with E-state index in [0.29, 0.717) is 27.6 Å². The van der Waals surface area contributed by atoms with E-state index in [2.05, 4.69) is 0 Å². The predicted molar refractivity (Wildman–Crippen MR) is 127 cm³/mol. The third kappa shape index (κ3) is 3.81. The number of halogens is 1. The minimum atomic E-state index is -0.311. The SMILES string of the molecule is CN1C(=O)N(c2ccc(Cl)cc2)Sc2ccc(OCCN3C(=O)c4ccccc4C3=O)cc21. The fraction of sp³-hybridized carbons (Fsp3) is 0.125. The topological polar surface area (TPSA) is 70.2 Å². The van der Waals surface area contributed by atoms with Gasteiger partial charge in [0.2, 0.25) is 0 Å². The number of rotatable bonds is 5. The van der Waals surface area contributed by atoms with Crippen molar-refractivity contribution in [3.8, 4) is 5.75 Å². The molecule has 2 heterocycles. The summed E-state index contributed by atoms with van der Waals surface area (Å²) in [5, 5.41) is 0.602. The number of hydrogen-bond acceptors (Lipinski definition) is 5. The van der Waals surface area contributed by atoms with Crippen LogP contribution in [0, 0.1) is 0 Å². The Morgan fingerprint density at radius 1 is 0.909 bits per heavy atom. The van der Waals surface area contributed by atoms with E-state index in [1.54, 1.807) is 76.9 Å². The fourth-order valence-electron chi connectivity index (χ4n) is 3.74. The highest BCUT2D eigenvalue weighted by Gasteiger charge is 2.35. The lowest BCUT2D eigenvalue weighted by atomic mass is 10.1. The molecule has 0 aliphatic carbocycles. The van der Waals surface area contributed by atoms with Crippen LogP contribution in [0.25, 0.3) is 0 Å². The van der Waals surface area contributed by atoms with Gasteiger partial charge in [-0.1, -0.05) is 23.7 Å². The molecule has 0 bridgehead atoms. The van der Waals surface area contributed by atoms with Crippen molar-refractivity contribution in [2.24, 2.45) is 0 Å². The monoisotopic (exact) mass is 479 g/mol. The van der Waals surface area contributed by atoms with Gasteiger partial charge in [-0.2, -0.15) is 0 Å². The average Bonchev–Trinajstić information content (AvgIpc) is 3.07. The summed E-state index contributed by atoms with van der Waals surface area (Å²) < 4.78 is 7.41. The minimum Gasteiger partial charge on any atom is -0.492 e. The molecular weight excluding hydrogens is 462 g/mol. The van der Waals surface area contributed by atoms with Crippen LogP contribution in [0.4, 0.5) is 16.2 Å². The van der Waals surface area contributed by atoms with Crippen LogP contribution < -0.4 is 13.9 Å². The first-order valence-corrected chi connectivity index (χ1v) is 11.3. The van der Waals surface area contributed by atoms with Gasteiger partial charge >= 0.3 is 6.03 Å². The first-order chi connectivity index (χ1) is 15.9. The van der Waals surface area contributed by atoms with Crippen LogP contribution in [0.1, 0.15) is 20.7 Å². The zero-order valence-corrected chi connectivity index (χ0v) is 19.1. The highest BCUT2D eigenvalue weighted by atomic mass is 35.5. The molecule has 5 rings (SSSR count). The number of urea groups is 1. The van der Waals surface area contributed by atoms with Gasteiger partial charge in [-0.05, 0) is 60.5 Å². The summed E-state index contributed by atoms with van der Waals surface area (Å²) in [6.45, 7) is 0.281. The highest BCUT2D eigenvalue weighted by molar-refractivity contribution is 8.01. The van der Waals surface area contributed by atoms with E-state index in [-0.39, 0.29) is 31.0 Å². The number of amides is 4. The van der Waals surface area contributed by atoms with Gasteiger partial charge in [0.1, 0.15) is 12.4 Å². The number of ether oxygens (including phenoxy) is 1. The van der Waals surface area contributed by atoms with Gasteiger partial charge in [0.05, 0.1) is 33.9 Å². The van der Waals surface area contributed by atoms with Crippen LogP contribution in [0.2, 0.25) is 5.02 Å². The molecule has 0 spiro atoms. The van der Waals surface area contributed by atoms with Crippen LogP contribution in [0.3, 0.4) is 0 Å². The second-order valence-electron chi connectivity index (χ2n) is 7.49. The lowest BCUT2D eigenvalue weighted by Crippen LogP contribution is -2.40. The number of nitrogens with zero attached hydrogens (tertiary/aromatic N) is 3. The van der Waals surface area contributed by atoms with Crippen molar-refractivity contribution >= 4 is 52.8 Å². The summed E-state index contributed by atoms with van der Waals surface area (Å²) in [6.07, 6.45) is 0. The molecule has 0 radical (unpaired) electrons. The van der Waals surface area contributed by atoms with Crippen molar-refractivity contribution in [3.05, 3.63) is 82.9 Å². The van der Waals surface area contributed by atoms with E-state index in [0.717, 1.165) is 10.6 Å². The molecule has 0 aromatic heterocycles. The second kappa shape index (κ2) is 8.46.